The molecular formula is C27H25N3O7S. The van der Waals surface area contributed by atoms with Gasteiger partial charge in [0.15, 0.2) is 0 Å². The van der Waals surface area contributed by atoms with Crippen molar-refractivity contribution in [1.29, 1.82) is 0 Å². The minimum Gasteiger partial charge on any atom is -0.497 e. The van der Waals surface area contributed by atoms with Gasteiger partial charge in [0, 0.05) is 4.88 Å². The number of aryl methyl sites for hydroxylation is 1. The van der Waals surface area contributed by atoms with E-state index in [2.05, 4.69) is 15.8 Å². The zero-order valence-corrected chi connectivity index (χ0v) is 21.8. The summed E-state index contributed by atoms with van der Waals surface area (Å²) in [4.78, 5) is 50.4. The molecule has 1 aliphatic rings. The molecule has 0 spiro atoms. The molecule has 1 aliphatic carbocycles. The molecule has 0 radical (unpaired) electrons. The zero-order chi connectivity index (χ0) is 27.2. The number of hydrazone groups is 1. The second-order valence-corrected chi connectivity index (χ2v) is 9.39. The number of benzene rings is 2. The number of fused-ring (bicyclic) bond motifs is 1. The molecule has 11 heteroatoms. The highest BCUT2D eigenvalue weighted by atomic mass is 32.1. The number of hydrogen-bond donors (Lipinski definition) is 2. The molecule has 196 valence electrons. The normalized spacial score (nSPS) is 12.3. The van der Waals surface area contributed by atoms with Gasteiger partial charge in [0.2, 0.25) is 0 Å². The van der Waals surface area contributed by atoms with Crippen molar-refractivity contribution < 1.29 is 33.4 Å². The van der Waals surface area contributed by atoms with Gasteiger partial charge in [-0.25, -0.2) is 15.0 Å². The predicted molar refractivity (Wildman–Crippen MR) is 141 cm³/mol. The summed E-state index contributed by atoms with van der Waals surface area (Å²) in [6, 6.07) is 13.1. The van der Waals surface area contributed by atoms with Crippen LogP contribution in [-0.2, 0) is 27.2 Å². The highest BCUT2D eigenvalue weighted by Gasteiger charge is 2.29. The summed E-state index contributed by atoms with van der Waals surface area (Å²) in [7, 11) is 2.81. The molecule has 0 atom stereocenters. The Bertz CT molecular complexity index is 1410. The summed E-state index contributed by atoms with van der Waals surface area (Å²) < 4.78 is 15.3. The second kappa shape index (κ2) is 11.7. The number of carbonyl (C=O) groups excluding carboxylic acids is 4. The molecule has 38 heavy (non-hydrogen) atoms. The molecule has 0 unspecified atom stereocenters. The molecule has 2 amide bonds. The number of carbonyl (C=O) groups is 4. The monoisotopic (exact) mass is 535 g/mol. The van der Waals surface area contributed by atoms with Gasteiger partial charge in [0.25, 0.3) is 0 Å². The van der Waals surface area contributed by atoms with Crippen LogP contribution in [0.4, 0.5) is 5.00 Å². The number of ether oxygens (including phenoxy) is 3. The summed E-state index contributed by atoms with van der Waals surface area (Å²) in [5.41, 5.74) is 4.82. The predicted octanol–water partition coefficient (Wildman–Crippen LogP) is 3.73. The van der Waals surface area contributed by atoms with Gasteiger partial charge in [0.05, 0.1) is 31.1 Å². The van der Waals surface area contributed by atoms with Crippen molar-refractivity contribution in [3.8, 4) is 11.5 Å². The van der Waals surface area contributed by atoms with Gasteiger partial charge in [-0.3, -0.25) is 9.59 Å². The number of anilines is 1. The lowest BCUT2D eigenvalue weighted by atomic mass is 10.1. The first-order valence-electron chi connectivity index (χ1n) is 11.7. The van der Waals surface area contributed by atoms with Crippen LogP contribution >= 0.6 is 11.3 Å². The molecule has 10 nitrogen and oxygen atoms in total. The summed E-state index contributed by atoms with van der Waals surface area (Å²) in [6.45, 7) is 1.65. The fourth-order valence-corrected chi connectivity index (χ4v) is 5.15. The van der Waals surface area contributed by atoms with Gasteiger partial charge in [-0.2, -0.15) is 5.10 Å². The molecule has 0 saturated carbocycles. The van der Waals surface area contributed by atoms with Crippen LogP contribution in [0.5, 0.6) is 11.5 Å². The molecule has 0 aliphatic heterocycles. The topological polar surface area (TPSA) is 132 Å². The molecule has 2 N–H and O–H groups in total. The van der Waals surface area contributed by atoms with E-state index in [9.17, 15) is 19.2 Å². The average molecular weight is 536 g/mol. The Morgan fingerprint density at radius 1 is 0.842 bits per heavy atom. The summed E-state index contributed by atoms with van der Waals surface area (Å²) in [5.74, 6) is -2.05. The fourth-order valence-electron chi connectivity index (χ4n) is 3.88. The van der Waals surface area contributed by atoms with E-state index in [0.717, 1.165) is 29.7 Å². The number of methoxy groups -OCH3 is 2. The van der Waals surface area contributed by atoms with Crippen molar-refractivity contribution in [3.05, 3.63) is 75.7 Å². The lowest BCUT2D eigenvalue weighted by molar-refractivity contribution is -0.136. The Hall–Kier alpha value is -4.51. The van der Waals surface area contributed by atoms with Crippen LogP contribution < -0.4 is 20.2 Å². The molecule has 0 fully saturated rings. The van der Waals surface area contributed by atoms with Gasteiger partial charge in [-0.15, -0.1) is 11.3 Å². The first kappa shape index (κ1) is 26.6. The lowest BCUT2D eigenvalue weighted by Gasteiger charge is -2.07. The van der Waals surface area contributed by atoms with Crippen molar-refractivity contribution in [2.75, 3.05) is 19.5 Å². The van der Waals surface area contributed by atoms with Gasteiger partial charge in [-0.05, 0) is 85.8 Å². The van der Waals surface area contributed by atoms with Crippen molar-refractivity contribution in [2.24, 2.45) is 5.10 Å². The van der Waals surface area contributed by atoms with Crippen molar-refractivity contribution in [1.82, 2.24) is 5.43 Å². The number of rotatable bonds is 7. The summed E-state index contributed by atoms with van der Waals surface area (Å²) >= 11 is 1.27. The number of thiophene rings is 1. The van der Waals surface area contributed by atoms with Crippen LogP contribution in [-0.4, -0.2) is 43.7 Å². The first-order chi connectivity index (χ1) is 18.3. The molecule has 0 bridgehead atoms. The van der Waals surface area contributed by atoms with Crippen LogP contribution in [0.3, 0.4) is 0 Å². The van der Waals surface area contributed by atoms with Crippen LogP contribution in [0.15, 0.2) is 53.6 Å². The Morgan fingerprint density at radius 3 is 2.16 bits per heavy atom. The third-order valence-corrected chi connectivity index (χ3v) is 7.08. The molecule has 2 aromatic carbocycles. The van der Waals surface area contributed by atoms with E-state index in [0.29, 0.717) is 38.9 Å². The van der Waals surface area contributed by atoms with Crippen LogP contribution in [0.25, 0.3) is 0 Å². The zero-order valence-electron chi connectivity index (χ0n) is 21.0. The van der Waals surface area contributed by atoms with E-state index in [-0.39, 0.29) is 0 Å². The maximum absolute atomic E-state index is 12.5. The Balaban J connectivity index is 1.35. The maximum atomic E-state index is 12.5. The maximum Gasteiger partial charge on any atom is 0.343 e. The van der Waals surface area contributed by atoms with Crippen LogP contribution in [0.2, 0.25) is 0 Å². The fraction of sp³-hybridized carbons (Fsp3) is 0.222. The molecule has 0 saturated heterocycles. The number of esters is 2. The summed E-state index contributed by atoms with van der Waals surface area (Å²) in [6.07, 6.45) is 2.47. The average Bonchev–Trinajstić information content (AvgIpc) is 3.52. The minimum absolute atomic E-state index is 0.294. The minimum atomic E-state index is -0.987. The first-order valence-corrected chi connectivity index (χ1v) is 12.5. The van der Waals surface area contributed by atoms with Gasteiger partial charge in [-0.1, -0.05) is 0 Å². The van der Waals surface area contributed by atoms with E-state index >= 15 is 0 Å². The molecular weight excluding hydrogens is 510 g/mol. The van der Waals surface area contributed by atoms with Crippen molar-refractivity contribution in [2.45, 2.75) is 26.2 Å². The Labute approximate surface area is 222 Å². The van der Waals surface area contributed by atoms with E-state index < -0.39 is 23.8 Å². The Kier molecular flexibility index (Phi) is 8.17. The van der Waals surface area contributed by atoms with Gasteiger partial charge >= 0.3 is 23.8 Å². The third-order valence-electron chi connectivity index (χ3n) is 5.88. The second-order valence-electron chi connectivity index (χ2n) is 8.29. The van der Waals surface area contributed by atoms with Crippen molar-refractivity contribution >= 4 is 45.8 Å². The highest BCUT2D eigenvalue weighted by molar-refractivity contribution is 7.17. The smallest absolute Gasteiger partial charge is 0.343 e. The van der Waals surface area contributed by atoms with E-state index in [1.54, 1.807) is 55.5 Å². The number of hydrogen-bond acceptors (Lipinski definition) is 9. The third kappa shape index (κ3) is 5.89. The number of nitrogens with one attached hydrogen (secondary N) is 2. The highest BCUT2D eigenvalue weighted by Crippen LogP contribution is 2.39. The lowest BCUT2D eigenvalue weighted by Crippen LogP contribution is -2.33. The SMILES string of the molecule is COC(=O)c1c(NC(=O)C(=O)N/N=C(\C)c2ccc(OC(=O)c3ccc(OC)cc3)cc2)sc2c1CCC2. The van der Waals surface area contributed by atoms with Crippen molar-refractivity contribution in [3.63, 3.8) is 0 Å². The quantitative estimate of drug-likeness (QED) is 0.155. The Morgan fingerprint density at radius 2 is 1.50 bits per heavy atom. The van der Waals surface area contributed by atoms with E-state index in [1.165, 1.54) is 25.6 Å². The van der Waals surface area contributed by atoms with Gasteiger partial charge < -0.3 is 19.5 Å². The van der Waals surface area contributed by atoms with Crippen LogP contribution in [0.1, 0.15) is 50.1 Å². The molecule has 1 aromatic heterocycles. The summed E-state index contributed by atoms with van der Waals surface area (Å²) in [5, 5.41) is 6.78. The molecule has 4 rings (SSSR count). The van der Waals surface area contributed by atoms with Crippen LogP contribution in [0, 0.1) is 0 Å². The van der Waals surface area contributed by atoms with Gasteiger partial charge in [0.1, 0.15) is 16.5 Å². The van der Waals surface area contributed by atoms with E-state index in [4.69, 9.17) is 14.2 Å². The molecule has 1 heterocycles. The number of amides is 2. The van der Waals surface area contributed by atoms with E-state index in [1.807, 2.05) is 0 Å². The molecule has 3 aromatic rings. The number of nitrogens with zero attached hydrogens (tertiary/aromatic N) is 1. The largest absolute Gasteiger partial charge is 0.497 e. The standard InChI is InChI=1S/C27H25N3O7S/c1-15(16-7-13-19(14-8-16)37-26(33)17-9-11-18(35-2)12-10-17)29-30-24(32)23(31)28-25-22(27(34)36-3)20-5-4-6-21(20)38-25/h7-14H,4-6H2,1-3H3,(H,28,31)(H,30,32)/b29-15+.